The molecule has 0 fully saturated rings. The molecule has 0 amide bonds. The first-order valence-corrected chi connectivity index (χ1v) is 11.9. The van der Waals surface area contributed by atoms with Crippen LogP contribution < -0.4 is 25.7 Å². The highest BCUT2D eigenvalue weighted by Crippen LogP contribution is 2.37. The van der Waals surface area contributed by atoms with Crippen LogP contribution in [0.25, 0.3) is 6.08 Å². The van der Waals surface area contributed by atoms with Crippen LogP contribution in [0.15, 0.2) is 66.7 Å². The fraction of sp³-hybridized carbons (Fsp3) is 0.250. The highest BCUT2D eigenvalue weighted by molar-refractivity contribution is 5.87. The van der Waals surface area contributed by atoms with Crippen LogP contribution >= 0.6 is 0 Å². The van der Waals surface area contributed by atoms with Crippen molar-refractivity contribution in [2.45, 2.75) is 31.7 Å². The Bertz CT molecular complexity index is 1330. The molecule has 0 heterocycles. The molecule has 0 aliphatic heterocycles. The molecule has 12 heteroatoms. The first-order valence-electron chi connectivity index (χ1n) is 11.9. The van der Waals surface area contributed by atoms with E-state index in [0.29, 0.717) is 22.5 Å². The van der Waals surface area contributed by atoms with Crippen molar-refractivity contribution >= 4 is 23.4 Å². The van der Waals surface area contributed by atoms with Crippen molar-refractivity contribution in [2.24, 2.45) is 0 Å². The monoisotopic (exact) mass is 566 g/mol. The molecule has 0 aromatic heterocycles. The Morgan fingerprint density at radius 1 is 0.925 bits per heavy atom. The quantitative estimate of drug-likeness (QED) is 0.0852. The van der Waals surface area contributed by atoms with Crippen LogP contribution in [0.1, 0.15) is 29.5 Å². The fourth-order valence-corrected chi connectivity index (χ4v) is 3.38. The van der Waals surface area contributed by atoms with Gasteiger partial charge in [0.1, 0.15) is 12.4 Å². The van der Waals surface area contributed by atoms with Gasteiger partial charge in [0.25, 0.3) is 0 Å². The van der Waals surface area contributed by atoms with Gasteiger partial charge < -0.3 is 30.4 Å². The standard InChI is InChI=1S/C28H27F5N2O5/c1-37-25-15-20(7-11-24(25)38-14-2-13-27(29,30)31)28(32,33)40-22-9-3-18(4-10-22)5-12-26(36)39-17-19-6-8-21(34)16-23(19)35/h3-12,15-16H,2,13-14,17,34-35H2,1H3/b12-5+. The molecule has 214 valence electrons. The van der Waals surface area contributed by atoms with Gasteiger partial charge in [-0.05, 0) is 60.5 Å². The zero-order valence-corrected chi connectivity index (χ0v) is 21.3. The fourth-order valence-electron chi connectivity index (χ4n) is 3.38. The molecule has 40 heavy (non-hydrogen) atoms. The third-order valence-electron chi connectivity index (χ3n) is 5.44. The molecule has 0 unspecified atom stereocenters. The van der Waals surface area contributed by atoms with E-state index in [1.165, 1.54) is 49.6 Å². The molecule has 0 bridgehead atoms. The van der Waals surface area contributed by atoms with Gasteiger partial charge in [-0.1, -0.05) is 18.2 Å². The maximum atomic E-state index is 14.8. The number of nitrogens with two attached hydrogens (primary N) is 2. The van der Waals surface area contributed by atoms with Crippen LogP contribution in [0.4, 0.5) is 33.3 Å². The minimum Gasteiger partial charge on any atom is -0.493 e. The molecule has 3 aromatic rings. The Kier molecular flexibility index (Phi) is 9.81. The van der Waals surface area contributed by atoms with Gasteiger partial charge in [-0.3, -0.25) is 0 Å². The molecular weight excluding hydrogens is 539 g/mol. The van der Waals surface area contributed by atoms with Gasteiger partial charge in [0, 0.05) is 29.4 Å². The highest BCUT2D eigenvalue weighted by atomic mass is 19.4. The van der Waals surface area contributed by atoms with E-state index in [1.807, 2.05) is 0 Å². The van der Waals surface area contributed by atoms with E-state index in [4.69, 9.17) is 30.4 Å². The Balaban J connectivity index is 1.56. The number of rotatable bonds is 12. The summed E-state index contributed by atoms with van der Waals surface area (Å²) in [6.45, 7) is -0.315. The van der Waals surface area contributed by atoms with Crippen molar-refractivity contribution in [3.63, 3.8) is 0 Å². The lowest BCUT2D eigenvalue weighted by Crippen LogP contribution is -2.22. The van der Waals surface area contributed by atoms with Crippen molar-refractivity contribution in [3.8, 4) is 17.2 Å². The Morgan fingerprint density at radius 2 is 1.65 bits per heavy atom. The first kappa shape index (κ1) is 30.1. The predicted molar refractivity (Wildman–Crippen MR) is 139 cm³/mol. The van der Waals surface area contributed by atoms with Gasteiger partial charge >= 0.3 is 18.3 Å². The molecule has 7 nitrogen and oxygen atoms in total. The van der Waals surface area contributed by atoms with Crippen molar-refractivity contribution in [1.29, 1.82) is 0 Å². The van der Waals surface area contributed by atoms with E-state index in [2.05, 4.69) is 0 Å². The molecule has 0 saturated carbocycles. The van der Waals surface area contributed by atoms with Gasteiger partial charge in [0.2, 0.25) is 0 Å². The van der Waals surface area contributed by atoms with Gasteiger partial charge in [-0.15, -0.1) is 0 Å². The average molecular weight is 567 g/mol. The van der Waals surface area contributed by atoms with Crippen LogP contribution in [-0.2, 0) is 22.2 Å². The Morgan fingerprint density at radius 3 is 2.30 bits per heavy atom. The predicted octanol–water partition coefficient (Wildman–Crippen LogP) is 6.47. The number of ether oxygens (including phenoxy) is 4. The minimum atomic E-state index is -4.31. The van der Waals surface area contributed by atoms with Crippen molar-refractivity contribution in [1.82, 2.24) is 0 Å². The number of carbonyl (C=O) groups is 1. The Hall–Kier alpha value is -4.48. The summed E-state index contributed by atoms with van der Waals surface area (Å²) < 4.78 is 86.8. The SMILES string of the molecule is COc1cc(C(F)(F)Oc2ccc(/C=C/C(=O)OCc3ccc(N)cc3N)cc2)ccc1OCCCC(F)(F)F. The second-order valence-corrected chi connectivity index (χ2v) is 8.52. The lowest BCUT2D eigenvalue weighted by Gasteiger charge is -2.20. The second kappa shape index (κ2) is 13.0. The van der Waals surface area contributed by atoms with E-state index < -0.39 is 30.2 Å². The zero-order valence-electron chi connectivity index (χ0n) is 21.3. The van der Waals surface area contributed by atoms with E-state index in [0.717, 1.165) is 12.1 Å². The second-order valence-electron chi connectivity index (χ2n) is 8.52. The van der Waals surface area contributed by atoms with Crippen molar-refractivity contribution in [2.75, 3.05) is 25.2 Å². The lowest BCUT2D eigenvalue weighted by atomic mass is 10.1. The van der Waals surface area contributed by atoms with Gasteiger partial charge in [0.15, 0.2) is 11.5 Å². The number of hydrogen-bond acceptors (Lipinski definition) is 7. The van der Waals surface area contributed by atoms with Crippen LogP contribution in [0, 0.1) is 0 Å². The van der Waals surface area contributed by atoms with E-state index >= 15 is 0 Å². The highest BCUT2D eigenvalue weighted by Gasteiger charge is 2.35. The molecule has 0 radical (unpaired) electrons. The first-order chi connectivity index (χ1) is 18.9. The Labute approximate surface area is 227 Å². The summed E-state index contributed by atoms with van der Waals surface area (Å²) in [5, 5.41) is 0. The van der Waals surface area contributed by atoms with E-state index in [9.17, 15) is 26.7 Å². The number of methoxy groups -OCH3 is 1. The van der Waals surface area contributed by atoms with E-state index in [1.54, 1.807) is 18.2 Å². The van der Waals surface area contributed by atoms with Crippen molar-refractivity contribution < 1.29 is 45.7 Å². The summed E-state index contributed by atoms with van der Waals surface area (Å²) in [4.78, 5) is 12.0. The summed E-state index contributed by atoms with van der Waals surface area (Å²) in [7, 11) is 1.22. The zero-order chi connectivity index (χ0) is 29.3. The molecule has 0 aliphatic rings. The molecule has 3 aromatic carbocycles. The smallest absolute Gasteiger partial charge is 0.426 e. The number of anilines is 2. The maximum Gasteiger partial charge on any atom is 0.426 e. The summed E-state index contributed by atoms with van der Waals surface area (Å²) in [5.41, 5.74) is 12.9. The van der Waals surface area contributed by atoms with Crippen LogP contribution in [-0.4, -0.2) is 25.9 Å². The number of esters is 1. The lowest BCUT2D eigenvalue weighted by molar-refractivity contribution is -0.185. The molecule has 0 spiro atoms. The van der Waals surface area contributed by atoms with Crippen molar-refractivity contribution in [3.05, 3.63) is 83.4 Å². The molecule has 4 N–H and O–H groups in total. The summed E-state index contributed by atoms with van der Waals surface area (Å²) in [6.07, 6.45) is -6.79. The van der Waals surface area contributed by atoms with Crippen LogP contribution in [0.3, 0.4) is 0 Å². The summed E-state index contributed by atoms with van der Waals surface area (Å²) >= 11 is 0. The third-order valence-corrected chi connectivity index (χ3v) is 5.44. The molecule has 0 aliphatic carbocycles. The number of hydrogen-bond donors (Lipinski definition) is 2. The minimum absolute atomic E-state index is 0.0239. The molecule has 0 saturated heterocycles. The normalized spacial score (nSPS) is 11.8. The largest absolute Gasteiger partial charge is 0.493 e. The van der Waals surface area contributed by atoms with E-state index in [-0.39, 0.29) is 36.9 Å². The van der Waals surface area contributed by atoms with Gasteiger partial charge in [-0.25, -0.2) is 4.79 Å². The summed E-state index contributed by atoms with van der Waals surface area (Å²) in [5.74, 6) is -0.852. The number of nitrogen functional groups attached to an aromatic ring is 2. The molecule has 0 atom stereocenters. The van der Waals surface area contributed by atoms with Crippen LogP contribution in [0.2, 0.25) is 0 Å². The van der Waals surface area contributed by atoms with Gasteiger partial charge in [-0.2, -0.15) is 22.0 Å². The topological polar surface area (TPSA) is 106 Å². The molecule has 3 rings (SSSR count). The van der Waals surface area contributed by atoms with Crippen LogP contribution in [0.5, 0.6) is 17.2 Å². The molecular formula is C28H27F5N2O5. The number of benzene rings is 3. The average Bonchev–Trinajstić information content (AvgIpc) is 2.89. The maximum absolute atomic E-state index is 14.8. The third kappa shape index (κ3) is 9.07. The summed E-state index contributed by atoms with van der Waals surface area (Å²) in [6, 6.07) is 13.5. The number of carbonyl (C=O) groups excluding carboxylic acids is 1. The van der Waals surface area contributed by atoms with Gasteiger partial charge in [0.05, 0.1) is 19.3 Å². The number of halogens is 5. The number of alkyl halides is 5.